The number of fused-ring (bicyclic) bond motifs is 4. The van der Waals surface area contributed by atoms with Gasteiger partial charge in [-0.25, -0.2) is 0 Å². The highest BCUT2D eigenvalue weighted by Gasteiger charge is 2.93. The van der Waals surface area contributed by atoms with Crippen LogP contribution >= 0.6 is 0 Å². The Hall–Kier alpha value is -0.820. The van der Waals surface area contributed by atoms with Crippen LogP contribution in [0.1, 0.15) is 45.4 Å². The lowest BCUT2D eigenvalue weighted by Gasteiger charge is -2.67. The van der Waals surface area contributed by atoms with E-state index in [2.05, 4.69) is 11.8 Å². The number of rotatable bonds is 2. The van der Waals surface area contributed by atoms with Crippen LogP contribution in [0, 0.1) is 39.9 Å². The topological polar surface area (TPSA) is 76.1 Å². The Bertz CT molecular complexity index is 827. The van der Waals surface area contributed by atoms with Gasteiger partial charge < -0.3 is 14.6 Å². The fourth-order valence-electron chi connectivity index (χ4n) is 9.59. The molecule has 1 N–H and O–H groups in total. The molecule has 0 radical (unpaired) electrons. The summed E-state index contributed by atoms with van der Waals surface area (Å²) in [7, 11) is 0. The smallest absolute Gasteiger partial charge is 0.175 e. The van der Waals surface area contributed by atoms with Crippen LogP contribution < -0.4 is 0 Å². The summed E-state index contributed by atoms with van der Waals surface area (Å²) < 4.78 is 11.8. The van der Waals surface area contributed by atoms with Crippen LogP contribution in [0.25, 0.3) is 0 Å². The maximum Gasteiger partial charge on any atom is 0.175 e. The number of aliphatic hydroxyl groups is 1. The molecule has 4 bridgehead atoms. The average Bonchev–Trinajstić information content (AvgIpc) is 3.31. The van der Waals surface area contributed by atoms with E-state index < -0.39 is 22.5 Å². The van der Waals surface area contributed by atoms with Gasteiger partial charge in [0.05, 0.1) is 36.8 Å². The van der Waals surface area contributed by atoms with Crippen molar-refractivity contribution >= 4 is 11.6 Å². The molecule has 9 atom stereocenters. The SMILES string of the molecule is C[C@]12CC[C@@]3(OC1)C(=O)[C@]31C2C[C@@H](O)[C@@]23CC[C@@H](CC12)[C@H](CN1CCOCC1)C3=O. The summed E-state index contributed by atoms with van der Waals surface area (Å²) in [6, 6.07) is 0. The summed E-state index contributed by atoms with van der Waals surface area (Å²) in [5.41, 5.74) is -1.89. The van der Waals surface area contributed by atoms with Gasteiger partial charge in [-0.15, -0.1) is 0 Å². The zero-order valence-electron chi connectivity index (χ0n) is 17.9. The number of ether oxygens (including phenoxy) is 2. The van der Waals surface area contributed by atoms with Crippen LogP contribution in [0.4, 0.5) is 0 Å². The second kappa shape index (κ2) is 5.56. The Morgan fingerprint density at radius 3 is 2.63 bits per heavy atom. The highest BCUT2D eigenvalue weighted by Crippen LogP contribution is 2.83. The molecule has 3 spiro atoms. The molecule has 6 heteroatoms. The second-order valence-corrected chi connectivity index (χ2v) is 11.8. The van der Waals surface area contributed by atoms with Gasteiger partial charge in [-0.3, -0.25) is 14.5 Å². The number of morpholine rings is 1. The van der Waals surface area contributed by atoms with Crippen molar-refractivity contribution in [3.05, 3.63) is 0 Å². The second-order valence-electron chi connectivity index (χ2n) is 11.8. The Morgan fingerprint density at radius 1 is 1.10 bits per heavy atom. The number of Topliss-reactive ketones (excluding diaryl/α,β-unsaturated/α-hetero) is 2. The maximum absolute atomic E-state index is 14.1. The largest absolute Gasteiger partial charge is 0.392 e. The molecular formula is C24H33NO5. The number of ketones is 2. The minimum atomic E-state index is -0.724. The molecule has 0 aromatic heterocycles. The summed E-state index contributed by atoms with van der Waals surface area (Å²) in [5, 5.41) is 11.6. The minimum Gasteiger partial charge on any atom is -0.392 e. The first kappa shape index (κ1) is 18.7. The van der Waals surface area contributed by atoms with E-state index in [0.29, 0.717) is 18.9 Å². The molecule has 9 fully saturated rings. The molecule has 9 rings (SSSR count). The first-order chi connectivity index (χ1) is 14.4. The third-order valence-electron chi connectivity index (χ3n) is 11.1. The van der Waals surface area contributed by atoms with Gasteiger partial charge in [0.15, 0.2) is 5.78 Å². The van der Waals surface area contributed by atoms with Crippen molar-refractivity contribution in [2.24, 2.45) is 39.9 Å². The van der Waals surface area contributed by atoms with E-state index in [0.717, 1.165) is 65.0 Å². The minimum absolute atomic E-state index is 0.00205. The number of hydrogen-bond donors (Lipinski definition) is 1. The predicted molar refractivity (Wildman–Crippen MR) is 107 cm³/mol. The Morgan fingerprint density at radius 2 is 1.90 bits per heavy atom. The van der Waals surface area contributed by atoms with Gasteiger partial charge in [0.1, 0.15) is 11.4 Å². The zero-order valence-corrected chi connectivity index (χ0v) is 17.9. The van der Waals surface area contributed by atoms with E-state index in [4.69, 9.17) is 9.47 Å². The number of aliphatic hydroxyl groups excluding tert-OH is 1. The van der Waals surface area contributed by atoms with Crippen molar-refractivity contribution < 1.29 is 24.2 Å². The van der Waals surface area contributed by atoms with Crippen LogP contribution in [0.5, 0.6) is 0 Å². The summed E-state index contributed by atoms with van der Waals surface area (Å²) in [6.45, 7) is 6.92. The maximum atomic E-state index is 14.1. The lowest BCUT2D eigenvalue weighted by Crippen LogP contribution is -2.71. The first-order valence-electron chi connectivity index (χ1n) is 12.1. The van der Waals surface area contributed by atoms with Gasteiger partial charge in [-0.1, -0.05) is 6.92 Å². The summed E-state index contributed by atoms with van der Waals surface area (Å²) >= 11 is 0. The number of nitrogens with zero attached hydrogens (tertiary/aromatic N) is 1. The fraction of sp³-hybridized carbons (Fsp3) is 0.917. The molecule has 0 aromatic rings. The van der Waals surface area contributed by atoms with Gasteiger partial charge >= 0.3 is 0 Å². The third-order valence-corrected chi connectivity index (χ3v) is 11.1. The number of carbonyl (C=O) groups excluding carboxylic acids is 2. The quantitative estimate of drug-likeness (QED) is 0.736. The van der Waals surface area contributed by atoms with Crippen molar-refractivity contribution in [1.82, 2.24) is 4.90 Å². The molecule has 6 aliphatic carbocycles. The lowest BCUT2D eigenvalue weighted by molar-refractivity contribution is -0.263. The van der Waals surface area contributed by atoms with Crippen molar-refractivity contribution in [3.8, 4) is 0 Å². The van der Waals surface area contributed by atoms with E-state index in [9.17, 15) is 14.7 Å². The monoisotopic (exact) mass is 415 g/mol. The molecule has 3 saturated heterocycles. The van der Waals surface area contributed by atoms with Gasteiger partial charge in [0, 0.05) is 25.6 Å². The first-order valence-corrected chi connectivity index (χ1v) is 12.1. The van der Waals surface area contributed by atoms with Crippen molar-refractivity contribution in [2.75, 3.05) is 39.5 Å². The van der Waals surface area contributed by atoms with Crippen molar-refractivity contribution in [2.45, 2.75) is 57.2 Å². The van der Waals surface area contributed by atoms with Crippen LogP contribution in [0.2, 0.25) is 0 Å². The molecule has 3 heterocycles. The molecule has 9 aliphatic rings. The molecule has 6 saturated carbocycles. The summed E-state index contributed by atoms with van der Waals surface area (Å²) in [6.07, 6.45) is 4.50. The van der Waals surface area contributed by atoms with E-state index in [1.807, 2.05) is 0 Å². The van der Waals surface area contributed by atoms with Gasteiger partial charge in [-0.2, -0.15) is 0 Å². The van der Waals surface area contributed by atoms with Crippen molar-refractivity contribution in [1.29, 1.82) is 0 Å². The van der Waals surface area contributed by atoms with Crippen LogP contribution in [0.15, 0.2) is 0 Å². The number of hydrogen-bond acceptors (Lipinski definition) is 6. The number of carbonyl (C=O) groups is 2. The molecule has 6 nitrogen and oxygen atoms in total. The molecule has 0 amide bonds. The standard InChI is InChI=1S/C24H33NO5/c1-21-4-5-23(30-13-21)20(28)24(23)16(21)11-18(26)22-3-2-14(10-17(22)24)15(19(22)27)12-25-6-8-29-9-7-25/h14-18,26H,2-13H2,1H3/t14-,15-,16?,17?,18+,21-,22+,23+,24+/m0/s1. The average molecular weight is 416 g/mol. The van der Waals surface area contributed by atoms with Crippen LogP contribution in [-0.2, 0) is 19.1 Å². The molecular weight excluding hydrogens is 382 g/mol. The van der Waals surface area contributed by atoms with E-state index in [1.54, 1.807) is 0 Å². The summed E-state index contributed by atoms with van der Waals surface area (Å²) in [4.78, 5) is 30.0. The Balaban J connectivity index is 1.29. The normalized spacial score (nSPS) is 58.9. The lowest BCUT2D eigenvalue weighted by atomic mass is 9.37. The molecule has 0 aromatic carbocycles. The Labute approximate surface area is 177 Å². The highest BCUT2D eigenvalue weighted by atomic mass is 16.5. The van der Waals surface area contributed by atoms with Gasteiger partial charge in [-0.05, 0) is 61.7 Å². The van der Waals surface area contributed by atoms with E-state index in [-0.39, 0.29) is 34.7 Å². The highest BCUT2D eigenvalue weighted by molar-refractivity contribution is 6.14. The van der Waals surface area contributed by atoms with Crippen molar-refractivity contribution in [3.63, 3.8) is 0 Å². The van der Waals surface area contributed by atoms with Gasteiger partial charge in [0.25, 0.3) is 0 Å². The zero-order chi connectivity index (χ0) is 20.5. The van der Waals surface area contributed by atoms with Crippen LogP contribution in [-0.4, -0.2) is 72.7 Å². The van der Waals surface area contributed by atoms with Crippen LogP contribution in [0.3, 0.4) is 0 Å². The van der Waals surface area contributed by atoms with E-state index >= 15 is 0 Å². The Kier molecular flexibility index (Phi) is 3.47. The third kappa shape index (κ3) is 1.78. The fourth-order valence-corrected chi connectivity index (χ4v) is 9.59. The molecule has 164 valence electrons. The molecule has 2 unspecified atom stereocenters. The van der Waals surface area contributed by atoms with Gasteiger partial charge in [0.2, 0.25) is 0 Å². The molecule has 30 heavy (non-hydrogen) atoms. The predicted octanol–water partition coefficient (Wildman–Crippen LogP) is 1.44. The molecule has 3 aliphatic heterocycles. The summed E-state index contributed by atoms with van der Waals surface area (Å²) in [5.74, 6) is 1.05. The van der Waals surface area contributed by atoms with E-state index in [1.165, 1.54) is 0 Å².